The van der Waals surface area contributed by atoms with Crippen molar-refractivity contribution in [2.45, 2.75) is 0 Å². The van der Waals surface area contributed by atoms with Gasteiger partial charge in [0, 0.05) is 6.07 Å². The van der Waals surface area contributed by atoms with Gasteiger partial charge in [-0.2, -0.15) is 0 Å². The van der Waals surface area contributed by atoms with Gasteiger partial charge >= 0.3 is 0 Å². The first-order chi connectivity index (χ1) is 8.51. The van der Waals surface area contributed by atoms with E-state index in [1.54, 1.807) is 0 Å². The summed E-state index contributed by atoms with van der Waals surface area (Å²) in [6.07, 6.45) is 1.53. The quantitative estimate of drug-likeness (QED) is 0.566. The third-order valence-corrected chi connectivity index (χ3v) is 2.85. The summed E-state index contributed by atoms with van der Waals surface area (Å²) < 4.78 is 4.97. The summed E-state index contributed by atoms with van der Waals surface area (Å²) in [5.41, 5.74) is 0.823. The van der Waals surface area contributed by atoms with E-state index >= 15 is 0 Å². The van der Waals surface area contributed by atoms with Gasteiger partial charge in [-0.1, -0.05) is 11.6 Å². The molecule has 0 saturated carbocycles. The molecule has 0 bridgehead atoms. The molecule has 1 aliphatic heterocycles. The highest BCUT2D eigenvalue weighted by molar-refractivity contribution is 7.80. The predicted octanol–water partition coefficient (Wildman–Crippen LogP) is 1.40. The van der Waals surface area contributed by atoms with E-state index in [4.69, 9.17) is 28.6 Å². The molecule has 2 rings (SSSR count). The molecule has 0 unspecified atom stereocenters. The molecule has 1 fully saturated rings. The van der Waals surface area contributed by atoms with E-state index in [2.05, 4.69) is 10.6 Å². The lowest BCUT2D eigenvalue weighted by molar-refractivity contribution is -0.115. The Morgan fingerprint density at radius 3 is 2.72 bits per heavy atom. The zero-order valence-electron chi connectivity index (χ0n) is 9.28. The van der Waals surface area contributed by atoms with Gasteiger partial charge in [-0.3, -0.25) is 10.1 Å². The molecule has 1 aromatic rings. The fraction of sp³-hybridized carbons (Fsp3) is 0.0909. The maximum absolute atomic E-state index is 11.5. The zero-order valence-corrected chi connectivity index (χ0v) is 10.9. The number of benzene rings is 1. The Bertz CT molecular complexity index is 572. The number of methoxy groups -OCH3 is 1. The van der Waals surface area contributed by atoms with Crippen LogP contribution in [0.5, 0.6) is 11.5 Å². The molecule has 18 heavy (non-hydrogen) atoms. The molecule has 0 spiro atoms. The molecule has 0 atom stereocenters. The minimum Gasteiger partial charge on any atom is -0.504 e. The molecule has 1 aromatic carbocycles. The molecule has 94 valence electrons. The number of carbonyl (C=O) groups excluding carboxylic acids is 1. The number of phenols is 1. The number of thiocarbonyl (C=S) groups is 1. The third kappa shape index (κ3) is 2.39. The van der Waals surface area contributed by atoms with Gasteiger partial charge in [0.1, 0.15) is 5.70 Å². The SMILES string of the molecule is COc1cc(C=C2NC(=S)NC2=O)c(Cl)cc1O. The number of phenolic OH excluding ortho intramolecular Hbond substituents is 1. The molecule has 1 heterocycles. The summed E-state index contributed by atoms with van der Waals surface area (Å²) in [7, 11) is 1.43. The maximum atomic E-state index is 11.5. The lowest BCUT2D eigenvalue weighted by Crippen LogP contribution is -2.21. The van der Waals surface area contributed by atoms with Crippen LogP contribution in [0.1, 0.15) is 5.56 Å². The van der Waals surface area contributed by atoms with Gasteiger partial charge in [-0.05, 0) is 29.9 Å². The molecule has 7 heteroatoms. The van der Waals surface area contributed by atoms with Crippen molar-refractivity contribution in [3.8, 4) is 11.5 Å². The molecule has 1 aliphatic rings. The maximum Gasteiger partial charge on any atom is 0.273 e. The second-order valence-electron chi connectivity index (χ2n) is 3.51. The van der Waals surface area contributed by atoms with Crippen molar-refractivity contribution < 1.29 is 14.6 Å². The van der Waals surface area contributed by atoms with E-state index in [-0.39, 0.29) is 28.2 Å². The summed E-state index contributed by atoms with van der Waals surface area (Å²) in [6, 6.07) is 2.87. The molecule has 1 saturated heterocycles. The topological polar surface area (TPSA) is 70.6 Å². The van der Waals surface area contributed by atoms with Gasteiger partial charge in [0.2, 0.25) is 0 Å². The van der Waals surface area contributed by atoms with Crippen LogP contribution in [0.2, 0.25) is 5.02 Å². The van der Waals surface area contributed by atoms with Crippen LogP contribution >= 0.6 is 23.8 Å². The van der Waals surface area contributed by atoms with Crippen molar-refractivity contribution in [2.24, 2.45) is 0 Å². The smallest absolute Gasteiger partial charge is 0.273 e. The fourth-order valence-electron chi connectivity index (χ4n) is 1.47. The van der Waals surface area contributed by atoms with Crippen molar-refractivity contribution in [1.82, 2.24) is 10.6 Å². The van der Waals surface area contributed by atoms with Crippen molar-refractivity contribution in [2.75, 3.05) is 7.11 Å². The Kier molecular flexibility index (Phi) is 3.40. The molecule has 5 nitrogen and oxygen atoms in total. The Balaban J connectivity index is 2.43. The van der Waals surface area contributed by atoms with Crippen LogP contribution in [0.25, 0.3) is 6.08 Å². The molecule has 0 aliphatic carbocycles. The van der Waals surface area contributed by atoms with Crippen LogP contribution in [0, 0.1) is 0 Å². The first kappa shape index (κ1) is 12.7. The zero-order chi connectivity index (χ0) is 13.3. The van der Waals surface area contributed by atoms with Gasteiger partial charge in [0.15, 0.2) is 16.6 Å². The molecule has 1 amide bonds. The van der Waals surface area contributed by atoms with Crippen LogP contribution in [0.3, 0.4) is 0 Å². The van der Waals surface area contributed by atoms with Crippen LogP contribution in [-0.4, -0.2) is 23.2 Å². The van der Waals surface area contributed by atoms with E-state index in [0.717, 1.165) is 0 Å². The van der Waals surface area contributed by atoms with Gasteiger partial charge in [0.05, 0.1) is 12.1 Å². The van der Waals surface area contributed by atoms with Gasteiger partial charge in [-0.25, -0.2) is 0 Å². The van der Waals surface area contributed by atoms with Crippen molar-refractivity contribution in [3.63, 3.8) is 0 Å². The number of ether oxygens (including phenoxy) is 1. The number of halogens is 1. The number of hydrogen-bond acceptors (Lipinski definition) is 4. The normalized spacial score (nSPS) is 16.7. The monoisotopic (exact) mass is 284 g/mol. The molecular formula is C11H9ClN2O3S. The molecular weight excluding hydrogens is 276 g/mol. The summed E-state index contributed by atoms with van der Waals surface area (Å²) in [6.45, 7) is 0. The summed E-state index contributed by atoms with van der Waals surface area (Å²) in [5.74, 6) is -0.126. The number of aromatic hydroxyl groups is 1. The summed E-state index contributed by atoms with van der Waals surface area (Å²) in [5, 5.41) is 15.2. The highest BCUT2D eigenvalue weighted by Gasteiger charge is 2.20. The van der Waals surface area contributed by atoms with Gasteiger partial charge in [0.25, 0.3) is 5.91 Å². The molecule has 3 N–H and O–H groups in total. The standard InChI is InChI=1S/C11H9ClN2O3S/c1-17-9-3-5(6(12)4-8(9)15)2-7-10(16)14-11(18)13-7/h2-4,15H,1H3,(H2,13,14,16,18). The Labute approximate surface area is 113 Å². The first-order valence-electron chi connectivity index (χ1n) is 4.92. The van der Waals surface area contributed by atoms with E-state index in [0.29, 0.717) is 10.6 Å². The number of carbonyl (C=O) groups is 1. The Morgan fingerprint density at radius 1 is 1.44 bits per heavy atom. The van der Waals surface area contributed by atoms with Crippen LogP contribution in [0.4, 0.5) is 0 Å². The average Bonchev–Trinajstić information content (AvgIpc) is 2.61. The summed E-state index contributed by atoms with van der Waals surface area (Å²) in [4.78, 5) is 11.5. The highest BCUT2D eigenvalue weighted by atomic mass is 35.5. The van der Waals surface area contributed by atoms with Gasteiger partial charge < -0.3 is 15.2 Å². The van der Waals surface area contributed by atoms with Crippen molar-refractivity contribution in [1.29, 1.82) is 0 Å². The summed E-state index contributed by atoms with van der Waals surface area (Å²) >= 11 is 10.8. The number of hydrogen-bond donors (Lipinski definition) is 3. The number of amides is 1. The minimum atomic E-state index is -0.330. The Hall–Kier alpha value is -1.79. The van der Waals surface area contributed by atoms with Crippen LogP contribution < -0.4 is 15.4 Å². The van der Waals surface area contributed by atoms with Crippen LogP contribution in [-0.2, 0) is 4.79 Å². The largest absolute Gasteiger partial charge is 0.504 e. The predicted molar refractivity (Wildman–Crippen MR) is 71.5 cm³/mol. The number of rotatable bonds is 2. The first-order valence-corrected chi connectivity index (χ1v) is 5.70. The fourth-order valence-corrected chi connectivity index (χ4v) is 1.89. The lowest BCUT2D eigenvalue weighted by atomic mass is 10.1. The molecule has 0 radical (unpaired) electrons. The van der Waals surface area contributed by atoms with E-state index < -0.39 is 0 Å². The second kappa shape index (κ2) is 4.83. The number of nitrogens with one attached hydrogen (secondary N) is 2. The third-order valence-electron chi connectivity index (χ3n) is 2.32. The lowest BCUT2D eigenvalue weighted by Gasteiger charge is -2.06. The van der Waals surface area contributed by atoms with Gasteiger partial charge in [-0.15, -0.1) is 0 Å². The van der Waals surface area contributed by atoms with E-state index in [9.17, 15) is 9.90 Å². The average molecular weight is 285 g/mol. The van der Waals surface area contributed by atoms with E-state index in [1.807, 2.05) is 0 Å². The molecule has 0 aromatic heterocycles. The van der Waals surface area contributed by atoms with Crippen LogP contribution in [0.15, 0.2) is 17.8 Å². The van der Waals surface area contributed by atoms with Crippen molar-refractivity contribution >= 4 is 40.9 Å². The second-order valence-corrected chi connectivity index (χ2v) is 4.33. The van der Waals surface area contributed by atoms with E-state index in [1.165, 1.54) is 25.3 Å². The van der Waals surface area contributed by atoms with Crippen molar-refractivity contribution in [3.05, 3.63) is 28.4 Å². The minimum absolute atomic E-state index is 0.0657. The Morgan fingerprint density at radius 2 is 2.17 bits per heavy atom. The highest BCUT2D eigenvalue weighted by Crippen LogP contribution is 2.33.